The van der Waals surface area contributed by atoms with E-state index in [9.17, 15) is 28.8 Å². The highest BCUT2D eigenvalue weighted by Gasteiger charge is 2.57. The normalized spacial score (nSPS) is 23.6. The van der Waals surface area contributed by atoms with Gasteiger partial charge in [0, 0.05) is 40.2 Å². The molecule has 0 saturated carbocycles. The van der Waals surface area contributed by atoms with Crippen molar-refractivity contribution >= 4 is 47.3 Å². The van der Waals surface area contributed by atoms with Gasteiger partial charge in [-0.3, -0.25) is 48.2 Å². The number of amides is 8. The Hall–Kier alpha value is -3.52. The van der Waals surface area contributed by atoms with E-state index in [0.717, 1.165) is 51.4 Å². The zero-order chi connectivity index (χ0) is 62.4. The van der Waals surface area contributed by atoms with Crippen LogP contribution in [0.2, 0.25) is 0 Å². The lowest BCUT2D eigenvalue weighted by Crippen LogP contribution is -2.63. The molecule has 4 saturated heterocycles. The van der Waals surface area contributed by atoms with Gasteiger partial charge < -0.3 is 10.6 Å². The lowest BCUT2D eigenvalue weighted by atomic mass is 9.72. The van der Waals surface area contributed by atoms with Crippen LogP contribution in [0.1, 0.15) is 314 Å². The second-order valence-electron chi connectivity index (χ2n) is 29.8. The van der Waals surface area contributed by atoms with Gasteiger partial charge in [-0.2, -0.15) is 0 Å². The van der Waals surface area contributed by atoms with Gasteiger partial charge in [0.05, 0.1) is 17.8 Å². The van der Waals surface area contributed by atoms with E-state index in [1.54, 1.807) is 6.92 Å². The zero-order valence-electron chi connectivity index (χ0n) is 56.1. The Morgan fingerprint density at radius 2 is 0.726 bits per heavy atom. The fraction of sp³-hybridized carbons (Fsp3) is 0.886. The lowest BCUT2D eigenvalue weighted by molar-refractivity contribution is -0.158. The van der Waals surface area contributed by atoms with Gasteiger partial charge in [0.1, 0.15) is 0 Å². The SMILES string of the molecule is CCCCCCCCCCCCCCCCC(C)CC1C(=O)N(C(=O)C(=O)NC2CC(C)(C)N(C)C(C)(C)C2)C(=O)C1C(CCCCCCCCCCCCCCCC)CC1C(=O)N(C(=O)C(=O)NC2CC(C)(C)N(C)C(C)(C)C2)C(=O)C1C. The maximum Gasteiger partial charge on any atom is 0.325 e. The number of hydrogen-bond acceptors (Lipinski definition) is 10. The van der Waals surface area contributed by atoms with Crippen molar-refractivity contribution in [2.24, 2.45) is 35.5 Å². The molecule has 6 atom stereocenters. The molecule has 4 aliphatic rings. The van der Waals surface area contributed by atoms with E-state index < -0.39 is 76.8 Å². The molecule has 8 amide bonds. The first kappa shape index (κ1) is 73.0. The van der Waals surface area contributed by atoms with E-state index in [4.69, 9.17) is 0 Å². The van der Waals surface area contributed by atoms with Crippen molar-refractivity contribution in [3.05, 3.63) is 0 Å². The van der Waals surface area contributed by atoms with Crippen LogP contribution in [0.25, 0.3) is 0 Å². The van der Waals surface area contributed by atoms with E-state index in [2.05, 4.69) is 104 Å². The Labute approximate surface area is 511 Å². The summed E-state index contributed by atoms with van der Waals surface area (Å²) in [6.07, 6.45) is 37.6. The first-order valence-electron chi connectivity index (χ1n) is 34.6. The van der Waals surface area contributed by atoms with Crippen LogP contribution < -0.4 is 10.6 Å². The molecule has 84 heavy (non-hydrogen) atoms. The molecular formula is C70H124N6O8. The van der Waals surface area contributed by atoms with Crippen LogP contribution in [-0.4, -0.2) is 115 Å². The topological polar surface area (TPSA) is 174 Å². The minimum atomic E-state index is -1.21. The van der Waals surface area contributed by atoms with E-state index in [1.807, 2.05) is 7.05 Å². The first-order chi connectivity index (χ1) is 39.6. The van der Waals surface area contributed by atoms with Crippen molar-refractivity contribution in [1.29, 1.82) is 0 Å². The van der Waals surface area contributed by atoms with Crippen molar-refractivity contribution < 1.29 is 38.4 Å². The summed E-state index contributed by atoms with van der Waals surface area (Å²) in [5.74, 6) is -11.9. The number of nitrogens with zero attached hydrogens (tertiary/aromatic N) is 4. The molecule has 4 rings (SSSR count). The Kier molecular flexibility index (Phi) is 30.3. The van der Waals surface area contributed by atoms with Gasteiger partial charge >= 0.3 is 23.6 Å². The predicted molar refractivity (Wildman–Crippen MR) is 339 cm³/mol. The molecule has 0 aromatic rings. The molecule has 0 bridgehead atoms. The number of hydrogen-bond donors (Lipinski definition) is 2. The van der Waals surface area contributed by atoms with Gasteiger partial charge in [-0.1, -0.05) is 214 Å². The fourth-order valence-electron chi connectivity index (χ4n) is 15.4. The summed E-state index contributed by atoms with van der Waals surface area (Å²) in [6, 6.07) is -0.739. The van der Waals surface area contributed by atoms with Gasteiger partial charge in [0.25, 0.3) is 0 Å². The van der Waals surface area contributed by atoms with Gasteiger partial charge in [-0.25, -0.2) is 9.80 Å². The third-order valence-corrected chi connectivity index (χ3v) is 21.0. The van der Waals surface area contributed by atoms with E-state index >= 15 is 9.59 Å². The largest absolute Gasteiger partial charge is 0.345 e. The van der Waals surface area contributed by atoms with Crippen molar-refractivity contribution in [1.82, 2.24) is 30.2 Å². The lowest BCUT2D eigenvalue weighted by Gasteiger charge is -2.53. The number of nitrogens with one attached hydrogen (secondary N) is 2. The van der Waals surface area contributed by atoms with Gasteiger partial charge in [-0.15, -0.1) is 0 Å². The number of rotatable bonds is 37. The molecule has 0 aromatic heterocycles. The summed E-state index contributed by atoms with van der Waals surface area (Å²) >= 11 is 0. The van der Waals surface area contributed by atoms with E-state index in [1.165, 1.54) is 128 Å². The minimum Gasteiger partial charge on any atom is -0.345 e. The van der Waals surface area contributed by atoms with Gasteiger partial charge in [-0.05, 0) is 126 Å². The second kappa shape index (κ2) is 34.9. The number of unbranched alkanes of at least 4 members (excludes halogenated alkanes) is 26. The molecule has 482 valence electrons. The summed E-state index contributed by atoms with van der Waals surface area (Å²) in [7, 11) is 4.10. The van der Waals surface area contributed by atoms with Crippen molar-refractivity contribution in [2.75, 3.05) is 14.1 Å². The third kappa shape index (κ3) is 21.4. The summed E-state index contributed by atoms with van der Waals surface area (Å²) in [5, 5.41) is 5.81. The predicted octanol–water partition coefficient (Wildman–Crippen LogP) is 14.6. The van der Waals surface area contributed by atoms with Crippen molar-refractivity contribution in [3.63, 3.8) is 0 Å². The van der Waals surface area contributed by atoms with Crippen LogP contribution in [0.15, 0.2) is 0 Å². The Morgan fingerprint density at radius 1 is 0.429 bits per heavy atom. The second-order valence-corrected chi connectivity index (χ2v) is 29.8. The Morgan fingerprint density at radius 3 is 1.07 bits per heavy atom. The highest BCUT2D eigenvalue weighted by Crippen LogP contribution is 2.45. The Bertz CT molecular complexity index is 2080. The zero-order valence-corrected chi connectivity index (χ0v) is 56.1. The molecule has 14 heteroatoms. The highest BCUT2D eigenvalue weighted by molar-refractivity contribution is 6.43. The summed E-state index contributed by atoms with van der Waals surface area (Å²) in [4.78, 5) is 121. The average molecular weight is 1180 g/mol. The summed E-state index contributed by atoms with van der Waals surface area (Å²) in [5.41, 5.74) is -1.20. The van der Waals surface area contributed by atoms with Crippen LogP contribution >= 0.6 is 0 Å². The molecule has 6 unspecified atom stereocenters. The van der Waals surface area contributed by atoms with Crippen LogP contribution in [0.5, 0.6) is 0 Å². The third-order valence-electron chi connectivity index (χ3n) is 21.0. The minimum absolute atomic E-state index is 0.00837. The average Bonchev–Trinajstić information content (AvgIpc) is 2.26. The van der Waals surface area contributed by atoms with Crippen LogP contribution in [0.4, 0.5) is 0 Å². The molecule has 2 N–H and O–H groups in total. The molecule has 4 aliphatic heterocycles. The number of piperidine rings is 2. The van der Waals surface area contributed by atoms with Crippen LogP contribution in [0.3, 0.4) is 0 Å². The molecule has 4 heterocycles. The highest BCUT2D eigenvalue weighted by atomic mass is 16.2. The molecule has 0 aliphatic carbocycles. The van der Waals surface area contributed by atoms with E-state index in [0.29, 0.717) is 54.7 Å². The van der Waals surface area contributed by atoms with Crippen molar-refractivity contribution in [3.8, 4) is 0 Å². The maximum atomic E-state index is 15.3. The monoisotopic (exact) mass is 1180 g/mol. The number of carbonyl (C=O) groups is 8. The summed E-state index contributed by atoms with van der Waals surface area (Å²) in [6.45, 7) is 24.9. The molecule has 0 spiro atoms. The molecule has 14 nitrogen and oxygen atoms in total. The van der Waals surface area contributed by atoms with Crippen LogP contribution in [0, 0.1) is 35.5 Å². The molecular weight excluding hydrogens is 1050 g/mol. The van der Waals surface area contributed by atoms with Gasteiger partial charge in [0.2, 0.25) is 23.6 Å². The van der Waals surface area contributed by atoms with Gasteiger partial charge in [0.15, 0.2) is 0 Å². The molecule has 0 radical (unpaired) electrons. The standard InChI is InChI=1S/C70H124N6O8/c1-15-17-19-21-23-25-27-29-31-33-35-37-39-41-43-51(3)45-57-58(64(82)76(63(57)81)66(84)60(78)72-55-49-69(9,10)74(14)70(11,12)50-55)53(44-42-40-38-36-34-32-30-28-26-24-22-20-18-16-2)46-56-52(4)61(79)75(62(56)80)65(83)59(77)71-54-47-67(5,6)73(13)68(7,8)48-54/h51-58H,15-50H2,1-14H3,(H,71,77)(H,72,78). The fourth-order valence-corrected chi connectivity index (χ4v) is 15.4. The smallest absolute Gasteiger partial charge is 0.325 e. The Balaban J connectivity index is 1.55. The first-order valence-corrected chi connectivity index (χ1v) is 34.6. The number of carbonyl (C=O) groups excluding carboxylic acids is 8. The summed E-state index contributed by atoms with van der Waals surface area (Å²) < 4.78 is 0. The quantitative estimate of drug-likeness (QED) is 0.0346. The number of likely N-dealkylation sites (tertiary alicyclic amines) is 4. The molecule has 4 fully saturated rings. The van der Waals surface area contributed by atoms with Crippen molar-refractivity contribution in [2.45, 2.75) is 348 Å². The molecule has 0 aromatic carbocycles. The maximum absolute atomic E-state index is 15.3. The van der Waals surface area contributed by atoms with E-state index in [-0.39, 0.29) is 46.6 Å². The number of imide groups is 6. The van der Waals surface area contributed by atoms with Crippen LogP contribution in [-0.2, 0) is 38.4 Å².